The van der Waals surface area contributed by atoms with Gasteiger partial charge in [-0.05, 0) is 17.2 Å². The molecule has 1 aromatic carbocycles. The average Bonchev–Trinajstić information content (AvgIpc) is 3.03. The molecule has 28 heavy (non-hydrogen) atoms. The number of rotatable bonds is 3. The van der Waals surface area contributed by atoms with Crippen LogP contribution in [0.1, 0.15) is 11.3 Å². The minimum Gasteiger partial charge on any atom is -0.359 e. The number of aliphatic imine (C=N–C) groups is 1. The van der Waals surface area contributed by atoms with E-state index in [1.807, 2.05) is 0 Å². The van der Waals surface area contributed by atoms with E-state index in [0.717, 1.165) is 4.68 Å². The van der Waals surface area contributed by atoms with Gasteiger partial charge in [-0.2, -0.15) is 13.2 Å². The Kier molecular flexibility index (Phi) is 5.56. The maximum absolute atomic E-state index is 12.9. The summed E-state index contributed by atoms with van der Waals surface area (Å²) in [6.45, 7) is 7.12. The summed E-state index contributed by atoms with van der Waals surface area (Å²) in [5.41, 5.74) is -0.856. The van der Waals surface area contributed by atoms with Crippen molar-refractivity contribution in [3.05, 3.63) is 69.5 Å². The third-order valence-corrected chi connectivity index (χ3v) is 4.19. The van der Waals surface area contributed by atoms with Crippen LogP contribution in [0.15, 0.2) is 41.8 Å². The van der Waals surface area contributed by atoms with Crippen LogP contribution in [0.2, 0.25) is 10.0 Å². The minimum absolute atomic E-state index is 0.0187. The molecule has 0 atom stereocenters. The Hall–Kier alpha value is -2.67. The van der Waals surface area contributed by atoms with Crippen molar-refractivity contribution in [1.82, 2.24) is 19.7 Å². The van der Waals surface area contributed by atoms with Crippen molar-refractivity contribution in [2.24, 2.45) is 4.99 Å². The van der Waals surface area contributed by atoms with Crippen LogP contribution in [0.3, 0.4) is 0 Å². The highest BCUT2D eigenvalue weighted by Crippen LogP contribution is 2.39. The molecule has 2 aromatic heterocycles. The van der Waals surface area contributed by atoms with Crippen molar-refractivity contribution in [2.45, 2.75) is 6.18 Å². The van der Waals surface area contributed by atoms with Crippen LogP contribution in [0.5, 0.6) is 0 Å². The molecule has 2 heterocycles. The summed E-state index contributed by atoms with van der Waals surface area (Å²) in [4.78, 5) is 15.2. The first-order valence-corrected chi connectivity index (χ1v) is 8.39. The van der Waals surface area contributed by atoms with E-state index in [0.29, 0.717) is 12.1 Å². The topological polar surface area (TPSA) is 60.3 Å². The quantitative estimate of drug-likeness (QED) is 0.375. The largest absolute Gasteiger partial charge is 0.416 e. The monoisotopic (exact) mass is 444 g/mol. The fourth-order valence-corrected chi connectivity index (χ4v) is 2.98. The van der Waals surface area contributed by atoms with E-state index < -0.39 is 11.7 Å². The normalized spacial score (nSPS) is 12.1. The molecule has 0 N–H and O–H groups in total. The van der Waals surface area contributed by atoms with Gasteiger partial charge in [-0.15, -0.1) is 4.68 Å². The molecule has 0 unspecified atom stereocenters. The molecular weight excluding hydrogens is 440 g/mol. The number of benzene rings is 1. The Balaban J connectivity index is 2.17. The van der Waals surface area contributed by atoms with Crippen LogP contribution >= 0.6 is 34.8 Å². The number of halogens is 6. The van der Waals surface area contributed by atoms with Gasteiger partial charge in [-0.3, -0.25) is 9.97 Å². The van der Waals surface area contributed by atoms with Gasteiger partial charge in [0.05, 0.1) is 21.8 Å². The molecule has 0 saturated heterocycles. The molecule has 0 bridgehead atoms. The number of aromatic nitrogens is 4. The first-order chi connectivity index (χ1) is 13.2. The Labute approximate surface area is 171 Å². The van der Waals surface area contributed by atoms with E-state index in [9.17, 15) is 13.2 Å². The summed E-state index contributed by atoms with van der Waals surface area (Å²) in [5.74, 6) is -0.0698. The zero-order chi connectivity index (χ0) is 20.5. The number of alkyl halides is 3. The van der Waals surface area contributed by atoms with Crippen molar-refractivity contribution >= 4 is 51.6 Å². The third kappa shape index (κ3) is 4.09. The van der Waals surface area contributed by atoms with Gasteiger partial charge in [0.25, 0.3) is 5.82 Å². The second-order valence-electron chi connectivity index (χ2n) is 5.16. The number of hydrogen-bond donors (Lipinski definition) is 0. The second-order valence-corrected chi connectivity index (χ2v) is 6.34. The number of nitrogens with zero attached hydrogens (tertiary/aromatic N) is 6. The lowest BCUT2D eigenvalue weighted by molar-refractivity contribution is -0.137. The maximum Gasteiger partial charge on any atom is 0.416 e. The standard InChI is InChI=1S/C16H6Cl3F3N6/c1-23-12-6-13(26-15(19)11-7-24-2-3-25-11)28(27-12)14-9(17)4-8(5-10(14)18)16(20,21)22/h2-7H/b26-15-. The summed E-state index contributed by atoms with van der Waals surface area (Å²) < 4.78 is 39.9. The summed E-state index contributed by atoms with van der Waals surface area (Å²) in [5, 5.41) is 3.24. The highest BCUT2D eigenvalue weighted by Gasteiger charge is 2.33. The maximum atomic E-state index is 12.9. The first-order valence-electron chi connectivity index (χ1n) is 7.25. The van der Waals surface area contributed by atoms with Crippen molar-refractivity contribution in [1.29, 1.82) is 0 Å². The highest BCUT2D eigenvalue weighted by atomic mass is 35.5. The van der Waals surface area contributed by atoms with Crippen LogP contribution in [-0.4, -0.2) is 24.9 Å². The van der Waals surface area contributed by atoms with Crippen LogP contribution in [0.4, 0.5) is 24.8 Å². The lowest BCUT2D eigenvalue weighted by Crippen LogP contribution is -2.07. The van der Waals surface area contributed by atoms with Crippen LogP contribution in [-0.2, 0) is 6.18 Å². The summed E-state index contributed by atoms with van der Waals surface area (Å²) in [6.07, 6.45) is -0.427. The van der Waals surface area contributed by atoms with Gasteiger partial charge < -0.3 is 4.85 Å². The van der Waals surface area contributed by atoms with E-state index in [-0.39, 0.29) is 38.2 Å². The molecule has 0 aliphatic carbocycles. The van der Waals surface area contributed by atoms with Crippen LogP contribution in [0.25, 0.3) is 10.5 Å². The van der Waals surface area contributed by atoms with E-state index >= 15 is 0 Å². The van der Waals surface area contributed by atoms with Crippen molar-refractivity contribution in [3.63, 3.8) is 0 Å². The Morgan fingerprint density at radius 2 is 1.82 bits per heavy atom. The molecule has 0 radical (unpaired) electrons. The van der Waals surface area contributed by atoms with Gasteiger partial charge in [0.2, 0.25) is 0 Å². The molecule has 6 nitrogen and oxygen atoms in total. The summed E-state index contributed by atoms with van der Waals surface area (Å²) in [6, 6.07) is 2.69. The van der Waals surface area contributed by atoms with Crippen molar-refractivity contribution < 1.29 is 13.2 Å². The van der Waals surface area contributed by atoms with E-state index in [1.54, 1.807) is 0 Å². The molecule has 3 aromatic rings. The zero-order valence-electron chi connectivity index (χ0n) is 13.4. The Morgan fingerprint density at radius 1 is 1.14 bits per heavy atom. The molecule has 0 spiro atoms. The van der Waals surface area contributed by atoms with Gasteiger partial charge in [-0.25, -0.2) is 4.99 Å². The van der Waals surface area contributed by atoms with Gasteiger partial charge >= 0.3 is 6.18 Å². The minimum atomic E-state index is -4.63. The lowest BCUT2D eigenvalue weighted by Gasteiger charge is -2.11. The van der Waals surface area contributed by atoms with Crippen LogP contribution < -0.4 is 0 Å². The molecule has 0 fully saturated rings. The molecular formula is C16H6Cl3F3N6. The lowest BCUT2D eigenvalue weighted by atomic mass is 10.2. The molecule has 0 saturated carbocycles. The highest BCUT2D eigenvalue weighted by molar-refractivity contribution is 6.69. The second kappa shape index (κ2) is 7.75. The average molecular weight is 446 g/mol. The molecule has 0 aliphatic heterocycles. The molecule has 12 heteroatoms. The van der Waals surface area contributed by atoms with Crippen molar-refractivity contribution in [3.8, 4) is 5.69 Å². The Bertz CT molecular complexity index is 1080. The van der Waals surface area contributed by atoms with Gasteiger partial charge in [-0.1, -0.05) is 41.4 Å². The van der Waals surface area contributed by atoms with Gasteiger partial charge in [0.1, 0.15) is 11.4 Å². The van der Waals surface area contributed by atoms with Crippen molar-refractivity contribution in [2.75, 3.05) is 0 Å². The number of hydrogen-bond acceptors (Lipinski definition) is 4. The van der Waals surface area contributed by atoms with Gasteiger partial charge in [0.15, 0.2) is 11.0 Å². The van der Waals surface area contributed by atoms with E-state index in [1.165, 1.54) is 24.7 Å². The predicted octanol–water partition coefficient (Wildman–Crippen LogP) is 5.86. The third-order valence-electron chi connectivity index (χ3n) is 3.34. The van der Waals surface area contributed by atoms with E-state index in [2.05, 4.69) is 24.9 Å². The summed E-state index contributed by atoms with van der Waals surface area (Å²) in [7, 11) is 0. The Morgan fingerprint density at radius 3 is 2.36 bits per heavy atom. The van der Waals surface area contributed by atoms with Gasteiger partial charge in [0, 0.05) is 18.5 Å². The smallest absolute Gasteiger partial charge is 0.359 e. The zero-order valence-corrected chi connectivity index (χ0v) is 15.7. The first kappa shape index (κ1) is 20.1. The predicted molar refractivity (Wildman–Crippen MR) is 98.9 cm³/mol. The SMILES string of the molecule is [C-]#[N+]c1cc(/N=C(\Cl)c2cnccn2)n(-c2c(Cl)cc(C(F)(F)F)cc2Cl)n1. The van der Waals surface area contributed by atoms with Crippen LogP contribution in [0, 0.1) is 6.57 Å². The molecule has 142 valence electrons. The molecule has 0 amide bonds. The summed E-state index contributed by atoms with van der Waals surface area (Å²) >= 11 is 18.2. The molecule has 0 aliphatic rings. The molecule has 3 rings (SSSR count). The van der Waals surface area contributed by atoms with E-state index in [4.69, 9.17) is 41.4 Å². The fourth-order valence-electron chi connectivity index (χ4n) is 2.15. The fraction of sp³-hybridized carbons (Fsp3) is 0.0625.